The van der Waals surface area contributed by atoms with Crippen molar-refractivity contribution in [3.8, 4) is 0 Å². The van der Waals surface area contributed by atoms with Gasteiger partial charge in [0.1, 0.15) is 6.61 Å². The Hall–Kier alpha value is -1.29. The molecule has 0 radical (unpaired) electrons. The van der Waals surface area contributed by atoms with Gasteiger partial charge in [-0.3, -0.25) is 0 Å². The van der Waals surface area contributed by atoms with Gasteiger partial charge < -0.3 is 14.2 Å². The molecule has 0 aliphatic carbocycles. The number of allylic oxidation sites excluding steroid dienone is 1. The zero-order valence-electron chi connectivity index (χ0n) is 11.6. The van der Waals surface area contributed by atoms with Crippen LogP contribution in [-0.4, -0.2) is 31.4 Å². The lowest BCUT2D eigenvalue weighted by Gasteiger charge is -2.01. The predicted octanol–water partition coefficient (Wildman–Crippen LogP) is 2.59. The molecule has 0 aromatic heterocycles. The van der Waals surface area contributed by atoms with E-state index >= 15 is 0 Å². The summed E-state index contributed by atoms with van der Waals surface area (Å²) in [4.78, 5) is 10.7. The summed E-state index contributed by atoms with van der Waals surface area (Å²) in [5.74, 6) is -0.413. The fraction of sp³-hybridized carbons (Fsp3) is 0.643. The number of carbonyl (C=O) groups excluding carboxylic acids is 1. The first-order valence-electron chi connectivity index (χ1n) is 6.15. The summed E-state index contributed by atoms with van der Waals surface area (Å²) in [6, 6.07) is 0. The molecule has 0 N–H and O–H groups in total. The predicted molar refractivity (Wildman–Crippen MR) is 69.1 cm³/mol. The Kier molecular flexibility index (Phi) is 5.41. The van der Waals surface area contributed by atoms with E-state index < -0.39 is 5.97 Å². The highest BCUT2D eigenvalue weighted by Gasteiger charge is 2.46. The van der Waals surface area contributed by atoms with Gasteiger partial charge in [-0.15, -0.1) is 0 Å². The summed E-state index contributed by atoms with van der Waals surface area (Å²) in [6.45, 7) is 6.76. The lowest BCUT2D eigenvalue weighted by Crippen LogP contribution is -2.02. The molecule has 1 aliphatic heterocycles. The Morgan fingerprint density at radius 1 is 1.44 bits per heavy atom. The van der Waals surface area contributed by atoms with Crippen LogP contribution in [0.15, 0.2) is 24.0 Å². The van der Waals surface area contributed by atoms with E-state index in [0.29, 0.717) is 12.7 Å². The van der Waals surface area contributed by atoms with Crippen molar-refractivity contribution in [1.29, 1.82) is 0 Å². The van der Waals surface area contributed by atoms with E-state index in [9.17, 15) is 4.79 Å². The van der Waals surface area contributed by atoms with Crippen LogP contribution in [0.2, 0.25) is 0 Å². The SMILES string of the molecule is COC(=O)/C=C/OC/C=C(\C)CC[C@H]1OC1(C)C. The summed E-state index contributed by atoms with van der Waals surface area (Å²) in [5.41, 5.74) is 1.34. The summed E-state index contributed by atoms with van der Waals surface area (Å²) >= 11 is 0. The molecular formula is C14H22O4. The van der Waals surface area contributed by atoms with Gasteiger partial charge in [-0.2, -0.15) is 0 Å². The molecule has 0 aromatic rings. The number of rotatable bonds is 7. The molecule has 1 heterocycles. The minimum absolute atomic E-state index is 0.0695. The summed E-state index contributed by atoms with van der Waals surface area (Å²) in [6.07, 6.45) is 7.07. The van der Waals surface area contributed by atoms with Gasteiger partial charge in [-0.25, -0.2) is 4.79 Å². The number of hydrogen-bond acceptors (Lipinski definition) is 4. The molecule has 0 bridgehead atoms. The van der Waals surface area contributed by atoms with E-state index in [4.69, 9.17) is 9.47 Å². The summed E-state index contributed by atoms with van der Waals surface area (Å²) in [5, 5.41) is 0. The second-order valence-electron chi connectivity index (χ2n) is 4.96. The summed E-state index contributed by atoms with van der Waals surface area (Å²) < 4.78 is 15.1. The topological polar surface area (TPSA) is 48.1 Å². The molecule has 0 amide bonds. The molecule has 1 aliphatic rings. The van der Waals surface area contributed by atoms with Crippen molar-refractivity contribution in [2.45, 2.75) is 45.3 Å². The van der Waals surface area contributed by atoms with Crippen molar-refractivity contribution in [1.82, 2.24) is 0 Å². The van der Waals surface area contributed by atoms with Gasteiger partial charge >= 0.3 is 5.97 Å². The van der Waals surface area contributed by atoms with Crippen molar-refractivity contribution in [2.24, 2.45) is 0 Å². The molecule has 0 aromatic carbocycles. The van der Waals surface area contributed by atoms with Crippen LogP contribution in [0.4, 0.5) is 0 Å². The maximum atomic E-state index is 10.7. The van der Waals surface area contributed by atoms with Gasteiger partial charge in [0.05, 0.1) is 31.2 Å². The second kappa shape index (κ2) is 6.59. The van der Waals surface area contributed by atoms with E-state index in [1.807, 2.05) is 6.08 Å². The maximum Gasteiger partial charge on any atom is 0.333 e. The molecule has 0 spiro atoms. The van der Waals surface area contributed by atoms with Crippen LogP contribution in [0, 0.1) is 0 Å². The monoisotopic (exact) mass is 254 g/mol. The maximum absolute atomic E-state index is 10.7. The molecular weight excluding hydrogens is 232 g/mol. The molecule has 0 saturated carbocycles. The number of carbonyl (C=O) groups is 1. The smallest absolute Gasteiger partial charge is 0.333 e. The van der Waals surface area contributed by atoms with Gasteiger partial charge in [0.15, 0.2) is 0 Å². The fourth-order valence-electron chi connectivity index (χ4n) is 1.62. The van der Waals surface area contributed by atoms with Gasteiger partial charge in [0.2, 0.25) is 0 Å². The number of ether oxygens (including phenoxy) is 3. The van der Waals surface area contributed by atoms with Crippen LogP contribution in [0.5, 0.6) is 0 Å². The van der Waals surface area contributed by atoms with Crippen LogP contribution in [0.3, 0.4) is 0 Å². The average Bonchev–Trinajstić information content (AvgIpc) is 2.93. The molecule has 4 nitrogen and oxygen atoms in total. The van der Waals surface area contributed by atoms with Crippen LogP contribution in [-0.2, 0) is 19.0 Å². The van der Waals surface area contributed by atoms with Gasteiger partial charge in [-0.1, -0.05) is 5.57 Å². The van der Waals surface area contributed by atoms with Crippen molar-refractivity contribution >= 4 is 5.97 Å². The summed E-state index contributed by atoms with van der Waals surface area (Å²) in [7, 11) is 1.33. The minimum atomic E-state index is -0.413. The lowest BCUT2D eigenvalue weighted by atomic mass is 10.0. The third-order valence-corrected chi connectivity index (χ3v) is 2.99. The Balaban J connectivity index is 2.10. The Bertz CT molecular complexity index is 342. The minimum Gasteiger partial charge on any atom is -0.497 e. The number of hydrogen-bond donors (Lipinski definition) is 0. The molecule has 0 unspecified atom stereocenters. The molecule has 4 heteroatoms. The quantitative estimate of drug-likeness (QED) is 0.175. The molecule has 1 saturated heterocycles. The van der Waals surface area contributed by atoms with Gasteiger partial charge in [0.25, 0.3) is 0 Å². The van der Waals surface area contributed by atoms with E-state index in [-0.39, 0.29) is 5.60 Å². The standard InChI is InChI=1S/C14H22O4/c1-11(5-6-12-14(2,3)18-12)7-9-17-10-8-13(15)16-4/h7-8,10,12H,5-6,9H2,1-4H3/b10-8+,11-7+/t12-/m1/s1. The molecule has 1 fully saturated rings. The van der Waals surface area contributed by atoms with E-state index in [2.05, 4.69) is 25.5 Å². The van der Waals surface area contributed by atoms with Crippen molar-refractivity contribution in [3.63, 3.8) is 0 Å². The number of methoxy groups -OCH3 is 1. The molecule has 18 heavy (non-hydrogen) atoms. The Morgan fingerprint density at radius 2 is 2.11 bits per heavy atom. The van der Waals surface area contributed by atoms with Crippen LogP contribution in [0.1, 0.15) is 33.6 Å². The van der Waals surface area contributed by atoms with Crippen LogP contribution in [0.25, 0.3) is 0 Å². The first kappa shape index (κ1) is 14.8. The van der Waals surface area contributed by atoms with E-state index in [1.54, 1.807) is 0 Å². The third kappa shape index (κ3) is 5.36. The number of epoxide rings is 1. The second-order valence-corrected chi connectivity index (χ2v) is 4.96. The van der Waals surface area contributed by atoms with E-state index in [1.165, 1.54) is 25.0 Å². The molecule has 102 valence electrons. The average molecular weight is 254 g/mol. The van der Waals surface area contributed by atoms with E-state index in [0.717, 1.165) is 12.8 Å². The molecule has 1 rings (SSSR count). The zero-order valence-corrected chi connectivity index (χ0v) is 11.6. The Morgan fingerprint density at radius 3 is 2.67 bits per heavy atom. The van der Waals surface area contributed by atoms with Crippen molar-refractivity contribution < 1.29 is 19.0 Å². The molecule has 1 atom stereocenters. The van der Waals surface area contributed by atoms with Crippen molar-refractivity contribution in [2.75, 3.05) is 13.7 Å². The van der Waals surface area contributed by atoms with Crippen LogP contribution < -0.4 is 0 Å². The van der Waals surface area contributed by atoms with Crippen LogP contribution >= 0.6 is 0 Å². The normalized spacial score (nSPS) is 22.0. The highest BCUT2D eigenvalue weighted by Crippen LogP contribution is 2.38. The largest absolute Gasteiger partial charge is 0.497 e. The first-order valence-corrected chi connectivity index (χ1v) is 6.15. The highest BCUT2D eigenvalue weighted by molar-refractivity contribution is 5.81. The number of esters is 1. The first-order chi connectivity index (χ1) is 8.45. The van der Waals surface area contributed by atoms with Gasteiger partial charge in [-0.05, 0) is 39.7 Å². The third-order valence-electron chi connectivity index (χ3n) is 2.99. The zero-order chi connectivity index (χ0) is 13.6. The highest BCUT2D eigenvalue weighted by atomic mass is 16.6. The van der Waals surface area contributed by atoms with Gasteiger partial charge in [0, 0.05) is 0 Å². The fourth-order valence-corrected chi connectivity index (χ4v) is 1.62. The lowest BCUT2D eigenvalue weighted by molar-refractivity contribution is -0.134. The Labute approximate surface area is 109 Å². The van der Waals surface area contributed by atoms with Crippen molar-refractivity contribution in [3.05, 3.63) is 24.0 Å².